The fourth-order valence-corrected chi connectivity index (χ4v) is 4.81. The van der Waals surface area contributed by atoms with Crippen molar-refractivity contribution in [3.8, 4) is 5.75 Å². The van der Waals surface area contributed by atoms with Crippen LogP contribution in [0.2, 0.25) is 0 Å². The second-order valence-corrected chi connectivity index (χ2v) is 9.78. The van der Waals surface area contributed by atoms with Crippen molar-refractivity contribution in [2.45, 2.75) is 64.3 Å². The number of fused-ring (bicyclic) bond motifs is 1. The van der Waals surface area contributed by atoms with Crippen LogP contribution >= 0.6 is 0 Å². The molecule has 0 aliphatic carbocycles. The van der Waals surface area contributed by atoms with Gasteiger partial charge in [-0.3, -0.25) is 9.78 Å². The van der Waals surface area contributed by atoms with Gasteiger partial charge in [-0.2, -0.15) is 0 Å². The zero-order chi connectivity index (χ0) is 22.1. The maximum Gasteiger partial charge on any atom is 0.251 e. The van der Waals surface area contributed by atoms with Gasteiger partial charge in [0.05, 0.1) is 5.52 Å². The van der Waals surface area contributed by atoms with Gasteiger partial charge in [0, 0.05) is 34.3 Å². The lowest BCUT2D eigenvalue weighted by atomic mass is 9.79. The number of hydrogen-bond donors (Lipinski definition) is 2. The molecule has 0 unspecified atom stereocenters. The van der Waals surface area contributed by atoms with Crippen molar-refractivity contribution in [1.82, 2.24) is 15.6 Å². The van der Waals surface area contributed by atoms with Crippen molar-refractivity contribution in [1.29, 1.82) is 0 Å². The number of carbonyl (C=O) groups is 1. The summed E-state index contributed by atoms with van der Waals surface area (Å²) in [6, 6.07) is 17.6. The average molecular weight is 418 g/mol. The Balaban J connectivity index is 1.38. The summed E-state index contributed by atoms with van der Waals surface area (Å²) in [7, 11) is 0. The minimum Gasteiger partial charge on any atom is -0.488 e. The molecule has 0 spiro atoms. The summed E-state index contributed by atoms with van der Waals surface area (Å²) in [6.45, 7) is 9.19. The lowest BCUT2D eigenvalue weighted by Gasteiger charge is -2.46. The number of benzene rings is 2. The largest absolute Gasteiger partial charge is 0.488 e. The molecular weight excluding hydrogens is 386 g/mol. The minimum absolute atomic E-state index is 0.00196. The normalized spacial score (nSPS) is 17.9. The van der Waals surface area contributed by atoms with E-state index in [1.54, 1.807) is 6.20 Å². The number of amides is 1. The number of aromatic nitrogens is 1. The molecule has 4 rings (SSSR count). The first-order valence-corrected chi connectivity index (χ1v) is 10.9. The fourth-order valence-electron chi connectivity index (χ4n) is 4.81. The Hall–Kier alpha value is -2.92. The van der Waals surface area contributed by atoms with Crippen LogP contribution in [0.25, 0.3) is 10.9 Å². The van der Waals surface area contributed by atoms with Gasteiger partial charge in [0.2, 0.25) is 0 Å². The molecule has 3 aromatic rings. The summed E-state index contributed by atoms with van der Waals surface area (Å²) in [5.74, 6) is 0.787. The van der Waals surface area contributed by atoms with Crippen molar-refractivity contribution in [2.24, 2.45) is 0 Å². The van der Waals surface area contributed by atoms with Gasteiger partial charge in [-0.15, -0.1) is 0 Å². The first kappa shape index (κ1) is 21.3. The van der Waals surface area contributed by atoms with E-state index in [4.69, 9.17) is 4.74 Å². The maximum absolute atomic E-state index is 12.8. The van der Waals surface area contributed by atoms with Gasteiger partial charge >= 0.3 is 0 Å². The van der Waals surface area contributed by atoms with Crippen LogP contribution in [0.15, 0.2) is 60.8 Å². The summed E-state index contributed by atoms with van der Waals surface area (Å²) < 4.78 is 6.03. The number of piperidine rings is 1. The van der Waals surface area contributed by atoms with Crippen LogP contribution in [0.4, 0.5) is 0 Å². The second-order valence-electron chi connectivity index (χ2n) is 9.78. The quantitative estimate of drug-likeness (QED) is 0.623. The van der Waals surface area contributed by atoms with Gasteiger partial charge < -0.3 is 15.4 Å². The lowest BCUT2D eigenvalue weighted by Crippen LogP contribution is -2.62. The van der Waals surface area contributed by atoms with Gasteiger partial charge in [-0.05, 0) is 82.5 Å². The van der Waals surface area contributed by atoms with E-state index in [2.05, 4.69) is 43.3 Å². The van der Waals surface area contributed by atoms with Crippen LogP contribution in [0.3, 0.4) is 0 Å². The van der Waals surface area contributed by atoms with Gasteiger partial charge in [0.15, 0.2) is 0 Å². The molecule has 2 N–H and O–H groups in total. The Morgan fingerprint density at radius 3 is 2.45 bits per heavy atom. The number of hydrogen-bond acceptors (Lipinski definition) is 4. The number of nitrogens with zero attached hydrogens (tertiary/aromatic N) is 1. The molecular formula is C26H31N3O2. The number of pyridine rings is 1. The lowest BCUT2D eigenvalue weighted by molar-refractivity contribution is 0.0873. The van der Waals surface area contributed by atoms with Crippen LogP contribution in [-0.4, -0.2) is 28.0 Å². The van der Waals surface area contributed by atoms with E-state index >= 15 is 0 Å². The summed E-state index contributed by atoms with van der Waals surface area (Å²) in [5.41, 5.74) is 2.60. The average Bonchev–Trinajstić information content (AvgIpc) is 2.70. The van der Waals surface area contributed by atoms with Crippen LogP contribution in [0.5, 0.6) is 5.75 Å². The summed E-state index contributed by atoms with van der Waals surface area (Å²) in [4.78, 5) is 17.2. The predicted octanol–water partition coefficient (Wildman–Crippen LogP) is 4.85. The van der Waals surface area contributed by atoms with E-state index in [0.717, 1.165) is 35.1 Å². The van der Waals surface area contributed by atoms with Crippen LogP contribution in [0.1, 0.15) is 56.5 Å². The van der Waals surface area contributed by atoms with Crippen LogP contribution < -0.4 is 15.4 Å². The van der Waals surface area contributed by atoms with Crippen LogP contribution in [-0.2, 0) is 6.61 Å². The van der Waals surface area contributed by atoms with Gasteiger partial charge in [-0.25, -0.2) is 0 Å². The van der Waals surface area contributed by atoms with E-state index in [-0.39, 0.29) is 23.0 Å². The molecule has 0 radical (unpaired) electrons. The highest BCUT2D eigenvalue weighted by atomic mass is 16.5. The molecule has 2 aromatic carbocycles. The Morgan fingerprint density at radius 1 is 1.03 bits per heavy atom. The van der Waals surface area contributed by atoms with Crippen LogP contribution in [0, 0.1) is 0 Å². The Bertz CT molecular complexity index is 1050. The topological polar surface area (TPSA) is 63.2 Å². The SMILES string of the molecule is CC1(C)CC(NC(=O)c2ccc(COc3cccc4ncccc34)cc2)CC(C)(C)N1. The van der Waals surface area contributed by atoms with Gasteiger partial charge in [-0.1, -0.05) is 18.2 Å². The zero-order valence-electron chi connectivity index (χ0n) is 18.7. The molecule has 1 saturated heterocycles. The Morgan fingerprint density at radius 2 is 1.74 bits per heavy atom. The van der Waals surface area contributed by atoms with Crippen molar-refractivity contribution < 1.29 is 9.53 Å². The zero-order valence-corrected chi connectivity index (χ0v) is 18.7. The summed E-state index contributed by atoms with van der Waals surface area (Å²) >= 11 is 0. The molecule has 1 amide bonds. The second kappa shape index (κ2) is 8.31. The van der Waals surface area contributed by atoms with Crippen molar-refractivity contribution in [3.63, 3.8) is 0 Å². The first-order chi connectivity index (χ1) is 14.7. The Labute approximate surface area is 184 Å². The van der Waals surface area contributed by atoms with E-state index in [1.807, 2.05) is 54.6 Å². The highest BCUT2D eigenvalue weighted by Gasteiger charge is 2.38. The van der Waals surface area contributed by atoms with Crippen molar-refractivity contribution in [3.05, 3.63) is 71.9 Å². The number of rotatable bonds is 5. The number of carbonyl (C=O) groups excluding carboxylic acids is 1. The van der Waals surface area contributed by atoms with Gasteiger partial charge in [0.1, 0.15) is 12.4 Å². The van der Waals surface area contributed by atoms with E-state index in [9.17, 15) is 4.79 Å². The molecule has 31 heavy (non-hydrogen) atoms. The molecule has 162 valence electrons. The van der Waals surface area contributed by atoms with Gasteiger partial charge in [0.25, 0.3) is 5.91 Å². The number of ether oxygens (including phenoxy) is 1. The molecule has 1 aromatic heterocycles. The highest BCUT2D eigenvalue weighted by Crippen LogP contribution is 2.29. The molecule has 5 heteroatoms. The molecule has 2 heterocycles. The maximum atomic E-state index is 12.8. The van der Waals surface area contributed by atoms with Crippen molar-refractivity contribution in [2.75, 3.05) is 0 Å². The molecule has 0 bridgehead atoms. The Kier molecular flexibility index (Phi) is 5.71. The molecule has 0 atom stereocenters. The third-order valence-electron chi connectivity index (χ3n) is 5.74. The van der Waals surface area contributed by atoms with E-state index < -0.39 is 0 Å². The predicted molar refractivity (Wildman–Crippen MR) is 124 cm³/mol. The molecule has 1 aliphatic heterocycles. The first-order valence-electron chi connectivity index (χ1n) is 10.9. The molecule has 1 aliphatic rings. The fraction of sp³-hybridized carbons (Fsp3) is 0.385. The molecule has 5 nitrogen and oxygen atoms in total. The van der Waals surface area contributed by atoms with Crippen molar-refractivity contribution >= 4 is 16.8 Å². The highest BCUT2D eigenvalue weighted by molar-refractivity contribution is 5.94. The smallest absolute Gasteiger partial charge is 0.251 e. The third-order valence-corrected chi connectivity index (χ3v) is 5.74. The minimum atomic E-state index is -0.0221. The standard InChI is InChI=1S/C26H31N3O2/c1-25(2)15-20(16-26(3,4)29-25)28-24(30)19-12-10-18(11-13-19)17-31-23-9-5-8-22-21(23)7-6-14-27-22/h5-14,20,29H,15-17H2,1-4H3,(H,28,30). The van der Waals surface area contributed by atoms with E-state index in [0.29, 0.717) is 12.2 Å². The van der Waals surface area contributed by atoms with E-state index in [1.165, 1.54) is 0 Å². The monoisotopic (exact) mass is 417 g/mol. The third kappa shape index (κ3) is 5.23. The summed E-state index contributed by atoms with van der Waals surface area (Å²) in [5, 5.41) is 7.87. The molecule has 1 fully saturated rings. The number of nitrogens with one attached hydrogen (secondary N) is 2. The summed E-state index contributed by atoms with van der Waals surface area (Å²) in [6.07, 6.45) is 3.60. The molecule has 0 saturated carbocycles.